The molecule has 1 aliphatic rings. The van der Waals surface area contributed by atoms with Gasteiger partial charge in [0, 0.05) is 43.6 Å². The lowest BCUT2D eigenvalue weighted by Gasteiger charge is -2.16. The van der Waals surface area contributed by atoms with Gasteiger partial charge in [0.2, 0.25) is 0 Å². The van der Waals surface area contributed by atoms with Gasteiger partial charge in [-0.05, 0) is 25.5 Å². The molecular formula is C14H22N4O3. The van der Waals surface area contributed by atoms with Crippen LogP contribution in [0.15, 0.2) is 23.1 Å². The molecule has 1 aromatic rings. The zero-order valence-corrected chi connectivity index (χ0v) is 12.2. The van der Waals surface area contributed by atoms with E-state index in [4.69, 9.17) is 5.73 Å². The number of nitrogen functional groups attached to an aromatic ring is 1. The number of amides is 1. The summed E-state index contributed by atoms with van der Waals surface area (Å²) in [4.78, 5) is 25.1. The number of nitrogens with two attached hydrogens (primary N) is 1. The van der Waals surface area contributed by atoms with Crippen molar-refractivity contribution in [1.82, 2.24) is 14.8 Å². The summed E-state index contributed by atoms with van der Waals surface area (Å²) >= 11 is 0. The first-order chi connectivity index (χ1) is 10.1. The van der Waals surface area contributed by atoms with Crippen LogP contribution in [0.25, 0.3) is 0 Å². The molecule has 3 N–H and O–H groups in total. The summed E-state index contributed by atoms with van der Waals surface area (Å²) in [6, 6.07) is 3.25. The number of anilines is 1. The summed E-state index contributed by atoms with van der Waals surface area (Å²) in [5, 5.41) is 2.81. The molecule has 2 rings (SSSR count). The molecule has 1 amide bonds. The summed E-state index contributed by atoms with van der Waals surface area (Å²) in [5.74, 6) is 0. The van der Waals surface area contributed by atoms with Crippen molar-refractivity contribution in [1.29, 1.82) is 0 Å². The van der Waals surface area contributed by atoms with Gasteiger partial charge in [-0.3, -0.25) is 4.79 Å². The predicted octanol–water partition coefficient (Wildman–Crippen LogP) is 0.251. The van der Waals surface area contributed by atoms with Crippen LogP contribution in [0.5, 0.6) is 0 Å². The summed E-state index contributed by atoms with van der Waals surface area (Å²) in [6.07, 6.45) is 3.09. The molecule has 1 unspecified atom stereocenters. The number of nitrogens with zero attached hydrogens (tertiary/aromatic N) is 2. The molecule has 2 heterocycles. The second-order valence-corrected chi connectivity index (χ2v) is 5.27. The standard InChI is InChI=1S/C14H22N4O3/c1-21-14(20)16-12-5-8-17(10-12)6-2-7-18-9-11(15)3-4-13(18)19/h3-4,9,12H,2,5-8,10,15H2,1H3,(H,16,20). The molecule has 0 saturated carbocycles. The molecule has 1 atom stereocenters. The zero-order chi connectivity index (χ0) is 15.2. The number of nitrogens with one attached hydrogen (secondary N) is 1. The number of methoxy groups -OCH3 is 1. The van der Waals surface area contributed by atoms with Crippen molar-refractivity contribution in [2.24, 2.45) is 0 Å². The van der Waals surface area contributed by atoms with E-state index in [0.29, 0.717) is 12.2 Å². The minimum atomic E-state index is -0.381. The van der Waals surface area contributed by atoms with Crippen LogP contribution in [-0.2, 0) is 11.3 Å². The molecule has 1 fully saturated rings. The van der Waals surface area contributed by atoms with Crippen molar-refractivity contribution in [3.8, 4) is 0 Å². The average Bonchev–Trinajstić information content (AvgIpc) is 2.90. The molecule has 1 saturated heterocycles. The Morgan fingerprint density at radius 1 is 1.48 bits per heavy atom. The third-order valence-electron chi connectivity index (χ3n) is 3.66. The maximum Gasteiger partial charge on any atom is 0.407 e. The molecule has 7 nitrogen and oxygen atoms in total. The third kappa shape index (κ3) is 4.49. The first-order valence-corrected chi connectivity index (χ1v) is 7.11. The van der Waals surface area contributed by atoms with Crippen molar-refractivity contribution in [3.63, 3.8) is 0 Å². The van der Waals surface area contributed by atoms with Crippen LogP contribution in [-0.4, -0.2) is 48.3 Å². The van der Waals surface area contributed by atoms with Crippen LogP contribution in [0.4, 0.5) is 10.5 Å². The lowest BCUT2D eigenvalue weighted by Crippen LogP contribution is -2.37. The third-order valence-corrected chi connectivity index (χ3v) is 3.66. The molecule has 0 aliphatic carbocycles. The smallest absolute Gasteiger partial charge is 0.407 e. The predicted molar refractivity (Wildman–Crippen MR) is 80.1 cm³/mol. The number of carbonyl (C=O) groups is 1. The van der Waals surface area contributed by atoms with Crippen LogP contribution in [0.1, 0.15) is 12.8 Å². The summed E-state index contributed by atoms with van der Waals surface area (Å²) in [6.45, 7) is 3.30. The number of alkyl carbamates (subject to hydrolysis) is 1. The van der Waals surface area contributed by atoms with Crippen molar-refractivity contribution < 1.29 is 9.53 Å². The number of aryl methyl sites for hydroxylation is 1. The van der Waals surface area contributed by atoms with Gasteiger partial charge in [0.15, 0.2) is 0 Å². The normalized spacial score (nSPS) is 18.6. The Bertz CT molecular complexity index is 543. The van der Waals surface area contributed by atoms with E-state index in [2.05, 4.69) is 15.0 Å². The number of aromatic nitrogens is 1. The topological polar surface area (TPSA) is 89.6 Å². The number of carbonyl (C=O) groups excluding carboxylic acids is 1. The quantitative estimate of drug-likeness (QED) is 0.812. The van der Waals surface area contributed by atoms with Crippen LogP contribution < -0.4 is 16.6 Å². The molecule has 0 aromatic carbocycles. The number of likely N-dealkylation sites (tertiary alicyclic amines) is 1. The number of pyridine rings is 1. The van der Waals surface area contributed by atoms with Crippen LogP contribution in [0.3, 0.4) is 0 Å². The van der Waals surface area contributed by atoms with Crippen molar-refractivity contribution in [3.05, 3.63) is 28.7 Å². The van der Waals surface area contributed by atoms with Crippen LogP contribution in [0.2, 0.25) is 0 Å². The Kier molecular flexibility index (Phi) is 5.21. The van der Waals surface area contributed by atoms with E-state index in [0.717, 1.165) is 32.5 Å². The monoisotopic (exact) mass is 294 g/mol. The highest BCUT2D eigenvalue weighted by Gasteiger charge is 2.23. The van der Waals surface area contributed by atoms with E-state index >= 15 is 0 Å². The molecule has 1 aliphatic heterocycles. The molecule has 1 aromatic heterocycles. The highest BCUT2D eigenvalue weighted by atomic mass is 16.5. The summed E-state index contributed by atoms with van der Waals surface area (Å²) in [5.41, 5.74) is 6.24. The average molecular weight is 294 g/mol. The van der Waals surface area contributed by atoms with Crippen molar-refractivity contribution >= 4 is 11.8 Å². The summed E-state index contributed by atoms with van der Waals surface area (Å²) in [7, 11) is 1.37. The van der Waals surface area contributed by atoms with E-state index in [1.807, 2.05) is 0 Å². The Balaban J connectivity index is 1.73. The van der Waals surface area contributed by atoms with E-state index in [-0.39, 0.29) is 17.7 Å². The van der Waals surface area contributed by atoms with Crippen LogP contribution in [0, 0.1) is 0 Å². The Morgan fingerprint density at radius 3 is 3.05 bits per heavy atom. The minimum absolute atomic E-state index is 0.0316. The van der Waals surface area contributed by atoms with Crippen LogP contribution >= 0.6 is 0 Å². The highest BCUT2D eigenvalue weighted by Crippen LogP contribution is 2.10. The number of hydrogen-bond donors (Lipinski definition) is 2. The lowest BCUT2D eigenvalue weighted by molar-refractivity contribution is 0.166. The molecule has 7 heteroatoms. The molecule has 0 bridgehead atoms. The van der Waals surface area contributed by atoms with Gasteiger partial charge >= 0.3 is 6.09 Å². The maximum atomic E-state index is 11.6. The van der Waals surface area contributed by atoms with Gasteiger partial charge in [0.25, 0.3) is 5.56 Å². The van der Waals surface area contributed by atoms with Crippen molar-refractivity contribution in [2.45, 2.75) is 25.4 Å². The molecule has 116 valence electrons. The van der Waals surface area contributed by atoms with Gasteiger partial charge in [-0.25, -0.2) is 4.79 Å². The summed E-state index contributed by atoms with van der Waals surface area (Å²) < 4.78 is 6.23. The van der Waals surface area contributed by atoms with E-state index in [1.54, 1.807) is 16.8 Å². The number of rotatable bonds is 5. The lowest BCUT2D eigenvalue weighted by atomic mass is 10.3. The van der Waals surface area contributed by atoms with Gasteiger partial charge in [-0.2, -0.15) is 0 Å². The highest BCUT2D eigenvalue weighted by molar-refractivity contribution is 5.67. The number of hydrogen-bond acceptors (Lipinski definition) is 5. The molecular weight excluding hydrogens is 272 g/mol. The number of ether oxygens (including phenoxy) is 1. The maximum absolute atomic E-state index is 11.6. The molecule has 0 spiro atoms. The van der Waals surface area contributed by atoms with Gasteiger partial charge in [-0.1, -0.05) is 0 Å². The molecule has 21 heavy (non-hydrogen) atoms. The van der Waals surface area contributed by atoms with Gasteiger partial charge in [0.1, 0.15) is 0 Å². The zero-order valence-electron chi connectivity index (χ0n) is 12.2. The fraction of sp³-hybridized carbons (Fsp3) is 0.571. The van der Waals surface area contributed by atoms with E-state index in [1.165, 1.54) is 13.2 Å². The Morgan fingerprint density at radius 2 is 2.29 bits per heavy atom. The fourth-order valence-electron chi connectivity index (χ4n) is 2.57. The first-order valence-electron chi connectivity index (χ1n) is 7.11. The largest absolute Gasteiger partial charge is 0.453 e. The SMILES string of the molecule is COC(=O)NC1CCN(CCCn2cc(N)ccc2=O)C1. The van der Waals surface area contributed by atoms with Crippen molar-refractivity contribution in [2.75, 3.05) is 32.5 Å². The van der Waals surface area contributed by atoms with E-state index < -0.39 is 0 Å². The molecule has 0 radical (unpaired) electrons. The van der Waals surface area contributed by atoms with E-state index in [9.17, 15) is 9.59 Å². The minimum Gasteiger partial charge on any atom is -0.453 e. The fourth-order valence-corrected chi connectivity index (χ4v) is 2.57. The second-order valence-electron chi connectivity index (χ2n) is 5.27. The Hall–Kier alpha value is -2.02. The second kappa shape index (κ2) is 7.12. The van der Waals surface area contributed by atoms with Gasteiger partial charge in [0.05, 0.1) is 7.11 Å². The van der Waals surface area contributed by atoms with Gasteiger partial charge < -0.3 is 25.3 Å². The van der Waals surface area contributed by atoms with Gasteiger partial charge in [-0.15, -0.1) is 0 Å². The first kappa shape index (κ1) is 15.4. The Labute approximate surface area is 123 Å².